The van der Waals surface area contributed by atoms with Gasteiger partial charge < -0.3 is 9.84 Å². The molecule has 0 spiro atoms. The van der Waals surface area contributed by atoms with Gasteiger partial charge in [0.2, 0.25) is 5.91 Å². The van der Waals surface area contributed by atoms with E-state index in [9.17, 15) is 9.36 Å². The number of benzene rings is 1. The summed E-state index contributed by atoms with van der Waals surface area (Å²) in [6.07, 6.45) is 18.0. The standard InChI is InChI=1S/C24H42NO6P/c1-2-3-4-5-6-7-8-9-10-11-12-13-14-15-24(26)25-21-20-22-16-18-23(19-17-22)30-32(28,29)31-27/h16-19,27H,2-15,20-21H2,1H3,(H,25,26)(H,28,29). The molecule has 32 heavy (non-hydrogen) atoms. The molecule has 1 rings (SSSR count). The Balaban J connectivity index is 1.96. The Labute approximate surface area is 193 Å². The minimum atomic E-state index is -4.48. The van der Waals surface area contributed by atoms with Gasteiger partial charge in [-0.1, -0.05) is 96.1 Å². The maximum absolute atomic E-state index is 12.0. The molecule has 0 fully saturated rings. The normalized spacial score (nSPS) is 13.0. The van der Waals surface area contributed by atoms with Gasteiger partial charge in [-0.15, -0.1) is 4.67 Å². The first-order valence-corrected chi connectivity index (χ1v) is 13.7. The first-order valence-electron chi connectivity index (χ1n) is 12.2. The predicted octanol–water partition coefficient (Wildman–Crippen LogP) is 6.80. The zero-order valence-corrected chi connectivity index (χ0v) is 20.5. The number of nitrogens with one attached hydrogen (secondary N) is 1. The van der Waals surface area contributed by atoms with Crippen molar-refractivity contribution in [1.82, 2.24) is 5.32 Å². The summed E-state index contributed by atoms with van der Waals surface area (Å²) >= 11 is 0. The maximum Gasteiger partial charge on any atom is 0.555 e. The lowest BCUT2D eigenvalue weighted by molar-refractivity contribution is -0.156. The molecule has 0 aliphatic carbocycles. The summed E-state index contributed by atoms with van der Waals surface area (Å²) < 4.78 is 19.2. The van der Waals surface area contributed by atoms with E-state index in [0.717, 1.165) is 18.4 Å². The molecule has 0 radical (unpaired) electrons. The van der Waals surface area contributed by atoms with Gasteiger partial charge in [0.25, 0.3) is 0 Å². The molecule has 8 heteroatoms. The van der Waals surface area contributed by atoms with Crippen molar-refractivity contribution >= 4 is 13.7 Å². The van der Waals surface area contributed by atoms with Crippen molar-refractivity contribution in [1.29, 1.82) is 0 Å². The molecule has 7 nitrogen and oxygen atoms in total. The summed E-state index contributed by atoms with van der Waals surface area (Å²) in [5.41, 5.74) is 0.955. The highest BCUT2D eigenvalue weighted by atomic mass is 31.2. The first-order chi connectivity index (χ1) is 15.5. The van der Waals surface area contributed by atoms with E-state index in [2.05, 4.69) is 21.4 Å². The molecule has 1 amide bonds. The van der Waals surface area contributed by atoms with Crippen LogP contribution in [0, 0.1) is 0 Å². The van der Waals surface area contributed by atoms with Gasteiger partial charge in [-0.2, -0.15) is 0 Å². The number of rotatable bonds is 20. The van der Waals surface area contributed by atoms with Crippen LogP contribution in [0.15, 0.2) is 24.3 Å². The fraction of sp³-hybridized carbons (Fsp3) is 0.708. The summed E-state index contributed by atoms with van der Waals surface area (Å²) in [7, 11) is -4.48. The van der Waals surface area contributed by atoms with Crippen molar-refractivity contribution in [2.24, 2.45) is 0 Å². The van der Waals surface area contributed by atoms with E-state index >= 15 is 0 Å². The SMILES string of the molecule is CCCCCCCCCCCCCCCC(=O)NCCc1ccc(OP(=O)(O)OO)cc1. The second-order valence-electron chi connectivity index (χ2n) is 8.38. The Morgan fingerprint density at radius 1 is 0.875 bits per heavy atom. The Morgan fingerprint density at radius 3 is 1.88 bits per heavy atom. The lowest BCUT2D eigenvalue weighted by Gasteiger charge is -2.09. The fourth-order valence-electron chi connectivity index (χ4n) is 3.60. The lowest BCUT2D eigenvalue weighted by atomic mass is 10.0. The van der Waals surface area contributed by atoms with Gasteiger partial charge in [-0.3, -0.25) is 9.69 Å². The quantitative estimate of drug-likeness (QED) is 0.0836. The third kappa shape index (κ3) is 15.4. The van der Waals surface area contributed by atoms with Crippen LogP contribution in [0.2, 0.25) is 0 Å². The number of hydrogen-bond donors (Lipinski definition) is 3. The molecule has 0 aliphatic heterocycles. The van der Waals surface area contributed by atoms with Gasteiger partial charge in [-0.05, 0) is 30.5 Å². The van der Waals surface area contributed by atoms with Crippen LogP contribution in [0.25, 0.3) is 0 Å². The van der Waals surface area contributed by atoms with Crippen molar-refractivity contribution in [2.45, 2.75) is 103 Å². The summed E-state index contributed by atoms with van der Waals surface area (Å²) in [6, 6.07) is 6.47. The molecule has 0 saturated carbocycles. The van der Waals surface area contributed by atoms with E-state index in [4.69, 9.17) is 10.2 Å². The van der Waals surface area contributed by atoms with Crippen LogP contribution in [-0.4, -0.2) is 22.6 Å². The van der Waals surface area contributed by atoms with Crippen LogP contribution < -0.4 is 9.84 Å². The number of carbonyl (C=O) groups is 1. The summed E-state index contributed by atoms with van der Waals surface area (Å²) in [6.45, 7) is 2.79. The molecule has 0 heterocycles. The Hall–Kier alpha value is -1.40. The number of unbranched alkanes of at least 4 members (excludes halogenated alkanes) is 12. The third-order valence-corrected chi connectivity index (χ3v) is 6.14. The predicted molar refractivity (Wildman–Crippen MR) is 128 cm³/mol. The monoisotopic (exact) mass is 471 g/mol. The van der Waals surface area contributed by atoms with Crippen LogP contribution in [0.4, 0.5) is 0 Å². The van der Waals surface area contributed by atoms with Gasteiger partial charge in [0.15, 0.2) is 0 Å². The highest BCUT2D eigenvalue weighted by Gasteiger charge is 2.22. The second kappa shape index (κ2) is 18.1. The summed E-state index contributed by atoms with van der Waals surface area (Å²) in [4.78, 5) is 21.0. The Bertz CT molecular complexity index is 652. The number of hydrogen-bond acceptors (Lipinski definition) is 5. The zero-order valence-electron chi connectivity index (χ0n) is 19.6. The van der Waals surface area contributed by atoms with E-state index < -0.39 is 7.82 Å². The Morgan fingerprint density at radius 2 is 1.38 bits per heavy atom. The van der Waals surface area contributed by atoms with Gasteiger partial charge in [-0.25, -0.2) is 9.82 Å². The van der Waals surface area contributed by atoms with Gasteiger partial charge >= 0.3 is 7.82 Å². The highest BCUT2D eigenvalue weighted by molar-refractivity contribution is 7.47. The molecular formula is C24H42NO6P. The minimum absolute atomic E-state index is 0.0781. The molecule has 0 saturated heterocycles. The van der Waals surface area contributed by atoms with E-state index in [1.165, 1.54) is 82.8 Å². The van der Waals surface area contributed by atoms with Crippen molar-refractivity contribution in [3.63, 3.8) is 0 Å². The van der Waals surface area contributed by atoms with Crippen LogP contribution >= 0.6 is 7.82 Å². The summed E-state index contributed by atoms with van der Waals surface area (Å²) in [5, 5.41) is 11.2. The zero-order chi connectivity index (χ0) is 23.5. The van der Waals surface area contributed by atoms with Gasteiger partial charge in [0, 0.05) is 13.0 Å². The average Bonchev–Trinajstić information content (AvgIpc) is 2.78. The molecular weight excluding hydrogens is 429 g/mol. The average molecular weight is 472 g/mol. The number of amides is 1. The van der Waals surface area contributed by atoms with Gasteiger partial charge in [0.1, 0.15) is 5.75 Å². The number of carbonyl (C=O) groups excluding carboxylic acids is 1. The molecule has 0 bridgehead atoms. The van der Waals surface area contributed by atoms with E-state index in [1.807, 2.05) is 0 Å². The minimum Gasteiger partial charge on any atom is -0.403 e. The molecule has 1 aromatic carbocycles. The second-order valence-corrected chi connectivity index (χ2v) is 9.66. The molecule has 1 aromatic rings. The van der Waals surface area contributed by atoms with Crippen LogP contribution in [-0.2, 0) is 20.5 Å². The van der Waals surface area contributed by atoms with E-state index in [0.29, 0.717) is 19.4 Å². The lowest BCUT2D eigenvalue weighted by Crippen LogP contribution is -2.25. The number of phosphoric ester groups is 1. The van der Waals surface area contributed by atoms with Crippen molar-refractivity contribution in [3.8, 4) is 5.75 Å². The Kier molecular flexibility index (Phi) is 16.2. The smallest absolute Gasteiger partial charge is 0.403 e. The van der Waals surface area contributed by atoms with Crippen molar-refractivity contribution in [3.05, 3.63) is 29.8 Å². The third-order valence-electron chi connectivity index (χ3n) is 5.49. The van der Waals surface area contributed by atoms with E-state index in [1.54, 1.807) is 12.1 Å². The first kappa shape index (κ1) is 28.6. The maximum atomic E-state index is 12.0. The molecule has 1 unspecified atom stereocenters. The van der Waals surface area contributed by atoms with E-state index in [-0.39, 0.29) is 11.7 Å². The largest absolute Gasteiger partial charge is 0.555 e. The van der Waals surface area contributed by atoms with Crippen LogP contribution in [0.3, 0.4) is 0 Å². The molecule has 0 aromatic heterocycles. The van der Waals surface area contributed by atoms with Crippen molar-refractivity contribution in [2.75, 3.05) is 6.54 Å². The fourth-order valence-corrected chi connectivity index (χ4v) is 4.03. The number of phosphoric acid groups is 1. The highest BCUT2D eigenvalue weighted by Crippen LogP contribution is 2.42. The molecule has 3 N–H and O–H groups in total. The van der Waals surface area contributed by atoms with Gasteiger partial charge in [0.05, 0.1) is 0 Å². The molecule has 184 valence electrons. The topological polar surface area (TPSA) is 105 Å². The molecule has 0 aliphatic rings. The van der Waals surface area contributed by atoms with Crippen LogP contribution in [0.5, 0.6) is 5.75 Å². The van der Waals surface area contributed by atoms with Crippen LogP contribution in [0.1, 0.15) is 102 Å². The van der Waals surface area contributed by atoms with Crippen molar-refractivity contribution < 1.29 is 28.7 Å². The summed E-state index contributed by atoms with van der Waals surface area (Å²) in [5.74, 6) is 0.189. The molecule has 1 atom stereocenters.